The van der Waals surface area contributed by atoms with Crippen LogP contribution >= 0.6 is 0 Å². The lowest BCUT2D eigenvalue weighted by Gasteiger charge is -2.25. The van der Waals surface area contributed by atoms with Crippen molar-refractivity contribution in [1.82, 2.24) is 0 Å². The van der Waals surface area contributed by atoms with Gasteiger partial charge in [0.15, 0.2) is 0 Å². The number of rotatable bonds is 7. The molecule has 0 aromatic heterocycles. The molecule has 0 bridgehead atoms. The zero-order chi connectivity index (χ0) is 17.6. The van der Waals surface area contributed by atoms with Crippen LogP contribution in [0.25, 0.3) is 0 Å². The Hall–Kier alpha value is -2.33. The zero-order valence-electron chi connectivity index (χ0n) is 14.5. The van der Waals surface area contributed by atoms with Crippen molar-refractivity contribution in [2.24, 2.45) is 0 Å². The lowest BCUT2D eigenvalue weighted by molar-refractivity contribution is -0.138. The van der Waals surface area contributed by atoms with Gasteiger partial charge in [-0.1, -0.05) is 30.3 Å². The Morgan fingerprint density at radius 3 is 2.84 bits per heavy atom. The lowest BCUT2D eigenvalue weighted by Crippen LogP contribution is -2.23. The molecule has 1 unspecified atom stereocenters. The summed E-state index contributed by atoms with van der Waals surface area (Å²) in [6, 6.07) is 14.5. The number of carbonyl (C=O) groups is 1. The summed E-state index contributed by atoms with van der Waals surface area (Å²) in [6.07, 6.45) is 2.88. The maximum absolute atomic E-state index is 10.6. The minimum Gasteiger partial charge on any atom is -0.489 e. The fraction of sp³-hybridized carbons (Fsp3) is 0.381. The largest absolute Gasteiger partial charge is 0.489 e. The van der Waals surface area contributed by atoms with Crippen molar-refractivity contribution in [3.8, 4) is 5.75 Å². The van der Waals surface area contributed by atoms with Gasteiger partial charge in [-0.25, -0.2) is 0 Å². The van der Waals surface area contributed by atoms with Gasteiger partial charge in [0.1, 0.15) is 12.4 Å². The maximum Gasteiger partial charge on any atom is 0.305 e. The summed E-state index contributed by atoms with van der Waals surface area (Å²) in [7, 11) is 0. The van der Waals surface area contributed by atoms with Gasteiger partial charge in [0.2, 0.25) is 0 Å². The van der Waals surface area contributed by atoms with Crippen LogP contribution in [0.1, 0.15) is 35.1 Å². The molecule has 4 nitrogen and oxygen atoms in total. The highest BCUT2D eigenvalue weighted by Crippen LogP contribution is 2.27. The molecule has 0 aliphatic heterocycles. The monoisotopic (exact) mass is 340 g/mol. The molecule has 0 heterocycles. The Morgan fingerprint density at radius 2 is 2.04 bits per heavy atom. The molecule has 1 aliphatic carbocycles. The summed E-state index contributed by atoms with van der Waals surface area (Å²) < 4.78 is 11.6. The highest BCUT2D eigenvalue weighted by molar-refractivity contribution is 5.66. The number of fused-ring (bicyclic) bond motifs is 1. The van der Waals surface area contributed by atoms with Crippen LogP contribution in [-0.2, 0) is 29.0 Å². The van der Waals surface area contributed by atoms with E-state index in [0.717, 1.165) is 25.0 Å². The third kappa shape index (κ3) is 4.83. The topological polar surface area (TPSA) is 55.8 Å². The van der Waals surface area contributed by atoms with E-state index >= 15 is 0 Å². The van der Waals surface area contributed by atoms with Gasteiger partial charge in [-0.15, -0.1) is 0 Å². The number of hydrogen-bond acceptors (Lipinski definition) is 3. The highest BCUT2D eigenvalue weighted by Gasteiger charge is 2.20. The second kappa shape index (κ2) is 8.17. The van der Waals surface area contributed by atoms with Crippen LogP contribution in [0.3, 0.4) is 0 Å². The van der Waals surface area contributed by atoms with Crippen LogP contribution in [0.2, 0.25) is 0 Å². The Morgan fingerprint density at radius 1 is 1.20 bits per heavy atom. The molecule has 1 atom stereocenters. The Bertz CT molecular complexity index is 738. The third-order valence-corrected chi connectivity index (χ3v) is 4.69. The number of hydrogen-bond donors (Lipinski definition) is 1. The fourth-order valence-corrected chi connectivity index (χ4v) is 3.18. The van der Waals surface area contributed by atoms with Crippen LogP contribution < -0.4 is 4.74 Å². The zero-order valence-corrected chi connectivity index (χ0v) is 14.5. The van der Waals surface area contributed by atoms with Crippen LogP contribution in [-0.4, -0.2) is 23.8 Å². The predicted octanol–water partition coefficient (Wildman–Crippen LogP) is 3.92. The molecule has 0 fully saturated rings. The molecule has 3 rings (SSSR count). The summed E-state index contributed by atoms with van der Waals surface area (Å²) >= 11 is 0. The summed E-state index contributed by atoms with van der Waals surface area (Å²) in [6.45, 7) is 2.95. The molecule has 25 heavy (non-hydrogen) atoms. The number of benzene rings is 2. The van der Waals surface area contributed by atoms with Crippen LogP contribution in [0.5, 0.6) is 5.75 Å². The lowest BCUT2D eigenvalue weighted by atomic mass is 9.89. The molecule has 132 valence electrons. The number of aryl methyl sites for hydroxylation is 2. The summed E-state index contributed by atoms with van der Waals surface area (Å²) in [5.41, 5.74) is 5.02. The van der Waals surface area contributed by atoms with E-state index in [0.29, 0.717) is 6.61 Å². The van der Waals surface area contributed by atoms with Crippen molar-refractivity contribution in [2.45, 2.75) is 45.3 Å². The Balaban J connectivity index is 1.56. The van der Waals surface area contributed by atoms with Gasteiger partial charge in [-0.2, -0.15) is 0 Å². The number of carboxylic acids is 1. The summed E-state index contributed by atoms with van der Waals surface area (Å²) in [4.78, 5) is 10.6. The molecule has 2 aromatic carbocycles. The first-order chi connectivity index (χ1) is 12.1. The van der Waals surface area contributed by atoms with Gasteiger partial charge in [-0.05, 0) is 60.6 Å². The molecule has 1 N–H and O–H groups in total. The molecular formula is C21H24O4. The van der Waals surface area contributed by atoms with Crippen molar-refractivity contribution in [2.75, 3.05) is 6.61 Å². The Kier molecular flexibility index (Phi) is 5.71. The van der Waals surface area contributed by atoms with Gasteiger partial charge < -0.3 is 14.6 Å². The van der Waals surface area contributed by atoms with Crippen molar-refractivity contribution in [3.05, 3.63) is 64.7 Å². The average Bonchev–Trinajstić information content (AvgIpc) is 2.60. The normalized spacial score (nSPS) is 16.3. The minimum absolute atomic E-state index is 0.0645. The van der Waals surface area contributed by atoms with E-state index < -0.39 is 5.97 Å². The summed E-state index contributed by atoms with van der Waals surface area (Å²) in [5.74, 6) is 0.0823. The Labute approximate surface area is 148 Å². The van der Waals surface area contributed by atoms with Crippen molar-refractivity contribution < 1.29 is 19.4 Å². The van der Waals surface area contributed by atoms with E-state index in [4.69, 9.17) is 14.6 Å². The molecular weight excluding hydrogens is 316 g/mol. The smallest absolute Gasteiger partial charge is 0.305 e. The number of ether oxygens (including phenoxy) is 2. The van der Waals surface area contributed by atoms with E-state index in [9.17, 15) is 4.79 Å². The molecule has 0 saturated heterocycles. The quantitative estimate of drug-likeness (QED) is 0.830. The number of aliphatic carboxylic acids is 1. The first-order valence-electron chi connectivity index (χ1n) is 8.74. The second-order valence-electron chi connectivity index (χ2n) is 6.53. The van der Waals surface area contributed by atoms with Gasteiger partial charge in [0.05, 0.1) is 19.1 Å². The van der Waals surface area contributed by atoms with E-state index in [2.05, 4.69) is 31.2 Å². The maximum atomic E-state index is 10.6. The predicted molar refractivity (Wildman–Crippen MR) is 96.0 cm³/mol. The SMILES string of the molecule is Cc1ccccc1COc1ccc2c(c1)CCC(OCCC(=O)O)C2. The van der Waals surface area contributed by atoms with Crippen molar-refractivity contribution in [1.29, 1.82) is 0 Å². The standard InChI is InChI=1S/C21H24O4/c1-15-4-2-3-5-18(15)14-25-20-9-7-16-12-19(8-6-17(16)13-20)24-11-10-21(22)23/h2-5,7,9,13,19H,6,8,10-12,14H2,1H3,(H,22,23). The van der Waals surface area contributed by atoms with Gasteiger partial charge in [0, 0.05) is 0 Å². The van der Waals surface area contributed by atoms with Crippen LogP contribution in [0.4, 0.5) is 0 Å². The second-order valence-corrected chi connectivity index (χ2v) is 6.53. The molecule has 0 amide bonds. The molecule has 0 radical (unpaired) electrons. The minimum atomic E-state index is -0.813. The van der Waals surface area contributed by atoms with E-state index in [1.165, 1.54) is 22.3 Å². The highest BCUT2D eigenvalue weighted by atomic mass is 16.5. The molecule has 0 saturated carbocycles. The fourth-order valence-electron chi connectivity index (χ4n) is 3.18. The summed E-state index contributed by atoms with van der Waals surface area (Å²) in [5, 5.41) is 8.69. The van der Waals surface area contributed by atoms with Gasteiger partial charge >= 0.3 is 5.97 Å². The third-order valence-electron chi connectivity index (χ3n) is 4.69. The van der Waals surface area contributed by atoms with Crippen LogP contribution in [0, 0.1) is 6.92 Å². The van der Waals surface area contributed by atoms with E-state index in [1.807, 2.05) is 18.2 Å². The molecule has 2 aromatic rings. The van der Waals surface area contributed by atoms with Crippen molar-refractivity contribution >= 4 is 5.97 Å². The van der Waals surface area contributed by atoms with Gasteiger partial charge in [-0.3, -0.25) is 4.79 Å². The van der Waals surface area contributed by atoms with E-state index in [1.54, 1.807) is 0 Å². The van der Waals surface area contributed by atoms with E-state index in [-0.39, 0.29) is 19.1 Å². The number of carboxylic acid groups (broad SMARTS) is 1. The average molecular weight is 340 g/mol. The van der Waals surface area contributed by atoms with Gasteiger partial charge in [0.25, 0.3) is 0 Å². The van der Waals surface area contributed by atoms with Crippen molar-refractivity contribution in [3.63, 3.8) is 0 Å². The molecule has 0 spiro atoms. The van der Waals surface area contributed by atoms with Crippen LogP contribution in [0.15, 0.2) is 42.5 Å². The molecule has 1 aliphatic rings. The first kappa shape index (κ1) is 17.5. The molecule has 4 heteroatoms. The first-order valence-corrected chi connectivity index (χ1v) is 8.74.